The molecule has 4 rings (SSSR count). The van der Waals surface area contributed by atoms with Gasteiger partial charge in [0.05, 0.1) is 25.4 Å². The lowest BCUT2D eigenvalue weighted by Gasteiger charge is -2.36. The van der Waals surface area contributed by atoms with Gasteiger partial charge in [0.25, 0.3) is 5.91 Å². The molecule has 1 aromatic rings. The zero-order valence-electron chi connectivity index (χ0n) is 31.2. The van der Waals surface area contributed by atoms with E-state index in [-0.39, 0.29) is 31.2 Å². The van der Waals surface area contributed by atoms with E-state index in [2.05, 4.69) is 21.1 Å². The standard InChI is InChI=1S/C38H57N5O7/c1-9-14-27(31(45)35(47)39-7)40-34(46)29-21-38(20-28(42-50-38)26-17-23(2)32(49-8)24(3)18-26)22-43(29)36(48)33(37(4,5)6)41-30(44)19-25-15-12-10-11-13-16-25/h17-18,25,27,29,33H,9-16,19-22H2,1-8H3,(H,39,47)(H,40,46)(H,41,44)/t27-,29-,33+,38+/m0/s1. The van der Waals surface area contributed by atoms with Crippen LogP contribution < -0.4 is 20.7 Å². The molecule has 276 valence electrons. The first-order valence-electron chi connectivity index (χ1n) is 18.2. The van der Waals surface area contributed by atoms with Crippen LogP contribution in [0.3, 0.4) is 0 Å². The van der Waals surface area contributed by atoms with E-state index in [0.29, 0.717) is 25.0 Å². The molecule has 1 saturated heterocycles. The first kappa shape index (κ1) is 38.8. The van der Waals surface area contributed by atoms with E-state index in [9.17, 15) is 24.0 Å². The number of hydrogen-bond acceptors (Lipinski definition) is 8. The molecular formula is C38H57N5O7. The number of ketones is 1. The molecule has 1 aromatic carbocycles. The minimum atomic E-state index is -1.06. The van der Waals surface area contributed by atoms with Crippen molar-refractivity contribution in [2.75, 3.05) is 20.7 Å². The van der Waals surface area contributed by atoms with E-state index in [4.69, 9.17) is 9.57 Å². The molecule has 0 bridgehead atoms. The van der Waals surface area contributed by atoms with Crippen molar-refractivity contribution in [2.24, 2.45) is 16.5 Å². The fourth-order valence-electron chi connectivity index (χ4n) is 7.69. The fourth-order valence-corrected chi connectivity index (χ4v) is 7.69. The van der Waals surface area contributed by atoms with Crippen LogP contribution in [0, 0.1) is 25.2 Å². The van der Waals surface area contributed by atoms with Crippen LogP contribution in [0.5, 0.6) is 5.75 Å². The largest absolute Gasteiger partial charge is 0.496 e. The molecule has 1 saturated carbocycles. The normalized spacial score (nSPS) is 22.2. The number of methoxy groups -OCH3 is 1. The summed E-state index contributed by atoms with van der Waals surface area (Å²) in [4.78, 5) is 75.0. The minimum Gasteiger partial charge on any atom is -0.496 e. The third-order valence-electron chi connectivity index (χ3n) is 10.4. The second-order valence-corrected chi connectivity index (χ2v) is 15.5. The highest BCUT2D eigenvalue weighted by Crippen LogP contribution is 2.41. The molecule has 2 aliphatic heterocycles. The maximum absolute atomic E-state index is 14.6. The van der Waals surface area contributed by atoms with Gasteiger partial charge >= 0.3 is 0 Å². The number of amides is 4. The van der Waals surface area contributed by atoms with Crippen molar-refractivity contribution in [3.63, 3.8) is 0 Å². The summed E-state index contributed by atoms with van der Waals surface area (Å²) < 4.78 is 5.54. The van der Waals surface area contributed by atoms with Gasteiger partial charge in [-0.2, -0.15) is 0 Å². The number of aryl methyl sites for hydroxylation is 2. The Kier molecular flexibility index (Phi) is 12.7. The van der Waals surface area contributed by atoms with E-state index in [1.54, 1.807) is 7.11 Å². The SMILES string of the molecule is CCC[C@H](NC(=O)[C@@H]1C[C@]2(CC(c3cc(C)c(OC)c(C)c3)=NO2)CN1C(=O)[C@@H](NC(=O)CC1CCCCCC1)C(C)(C)C)C(=O)C(=O)NC. The molecule has 1 aliphatic carbocycles. The number of carbonyl (C=O) groups is 5. The predicted molar refractivity (Wildman–Crippen MR) is 191 cm³/mol. The molecule has 0 aromatic heterocycles. The molecule has 0 radical (unpaired) electrons. The molecule has 1 spiro atoms. The average molecular weight is 696 g/mol. The first-order chi connectivity index (χ1) is 23.6. The number of rotatable bonds is 12. The summed E-state index contributed by atoms with van der Waals surface area (Å²) in [5, 5.41) is 12.6. The lowest BCUT2D eigenvalue weighted by atomic mass is 9.85. The number of nitrogens with one attached hydrogen (secondary N) is 3. The molecule has 3 aliphatic rings. The number of nitrogens with zero attached hydrogens (tertiary/aromatic N) is 2. The van der Waals surface area contributed by atoms with Crippen LogP contribution in [0.25, 0.3) is 0 Å². The van der Waals surface area contributed by atoms with Gasteiger partial charge in [-0.15, -0.1) is 0 Å². The topological polar surface area (TPSA) is 156 Å². The lowest BCUT2D eigenvalue weighted by molar-refractivity contribution is -0.145. The Labute approximate surface area is 296 Å². The van der Waals surface area contributed by atoms with Gasteiger partial charge in [0.2, 0.25) is 23.5 Å². The number of carbonyl (C=O) groups excluding carboxylic acids is 5. The maximum atomic E-state index is 14.6. The number of ether oxygens (including phenoxy) is 1. The van der Waals surface area contributed by atoms with Gasteiger partial charge in [-0.3, -0.25) is 24.0 Å². The van der Waals surface area contributed by atoms with Crippen LogP contribution in [0.4, 0.5) is 0 Å². The van der Waals surface area contributed by atoms with Gasteiger partial charge < -0.3 is 30.4 Å². The molecular weight excluding hydrogens is 638 g/mol. The van der Waals surface area contributed by atoms with Gasteiger partial charge in [0, 0.05) is 31.9 Å². The van der Waals surface area contributed by atoms with Crippen molar-refractivity contribution in [2.45, 2.75) is 136 Å². The van der Waals surface area contributed by atoms with Crippen molar-refractivity contribution < 1.29 is 33.5 Å². The predicted octanol–water partition coefficient (Wildman–Crippen LogP) is 4.27. The number of benzene rings is 1. The van der Waals surface area contributed by atoms with E-state index < -0.39 is 52.6 Å². The van der Waals surface area contributed by atoms with Crippen molar-refractivity contribution >= 4 is 35.1 Å². The van der Waals surface area contributed by atoms with Crippen molar-refractivity contribution in [1.82, 2.24) is 20.9 Å². The Morgan fingerprint density at radius 1 is 1.04 bits per heavy atom. The van der Waals surface area contributed by atoms with Crippen LogP contribution in [-0.4, -0.2) is 84.5 Å². The van der Waals surface area contributed by atoms with E-state index >= 15 is 0 Å². The summed E-state index contributed by atoms with van der Waals surface area (Å²) in [5.41, 5.74) is 1.76. The van der Waals surface area contributed by atoms with Crippen LogP contribution in [0.2, 0.25) is 0 Å². The van der Waals surface area contributed by atoms with Crippen molar-refractivity contribution in [3.05, 3.63) is 28.8 Å². The number of likely N-dealkylation sites (N-methyl/N-ethyl adjacent to an activating group) is 1. The lowest BCUT2D eigenvalue weighted by Crippen LogP contribution is -2.59. The van der Waals surface area contributed by atoms with Gasteiger partial charge in [0.1, 0.15) is 17.8 Å². The third kappa shape index (κ3) is 9.03. The van der Waals surface area contributed by atoms with Crippen LogP contribution in [-0.2, 0) is 28.8 Å². The number of Topliss-reactive ketones (excluding diaryl/α,β-unsaturated/α-hetero) is 1. The Hall–Kier alpha value is -3.96. The van der Waals surface area contributed by atoms with Crippen LogP contribution in [0.15, 0.2) is 17.3 Å². The zero-order valence-corrected chi connectivity index (χ0v) is 31.2. The number of hydrogen-bond donors (Lipinski definition) is 3. The quantitative estimate of drug-likeness (QED) is 0.218. The Balaban J connectivity index is 1.63. The summed E-state index contributed by atoms with van der Waals surface area (Å²) in [5.74, 6) is -1.61. The summed E-state index contributed by atoms with van der Waals surface area (Å²) in [6.07, 6.45) is 8.19. The zero-order chi connectivity index (χ0) is 36.8. The van der Waals surface area contributed by atoms with Crippen LogP contribution >= 0.6 is 0 Å². The monoisotopic (exact) mass is 695 g/mol. The molecule has 12 nitrogen and oxygen atoms in total. The van der Waals surface area contributed by atoms with E-state index in [1.165, 1.54) is 24.8 Å². The highest BCUT2D eigenvalue weighted by atomic mass is 16.7. The molecule has 4 atom stereocenters. The fraction of sp³-hybridized carbons (Fsp3) is 0.684. The number of oxime groups is 1. The molecule has 3 N–H and O–H groups in total. The second kappa shape index (κ2) is 16.4. The van der Waals surface area contributed by atoms with Crippen LogP contribution in [0.1, 0.15) is 115 Å². The first-order valence-corrected chi connectivity index (χ1v) is 18.2. The molecule has 2 fully saturated rings. The smallest absolute Gasteiger partial charge is 0.289 e. The molecule has 0 unspecified atom stereocenters. The minimum absolute atomic E-state index is 0.0535. The highest BCUT2D eigenvalue weighted by molar-refractivity contribution is 6.38. The third-order valence-corrected chi connectivity index (χ3v) is 10.4. The molecule has 2 heterocycles. The Morgan fingerprint density at radius 3 is 2.24 bits per heavy atom. The van der Waals surface area contributed by atoms with Gasteiger partial charge in [-0.25, -0.2) is 0 Å². The summed E-state index contributed by atoms with van der Waals surface area (Å²) in [6, 6.07) is 0.957. The van der Waals surface area contributed by atoms with Gasteiger partial charge in [-0.05, 0) is 67.7 Å². The summed E-state index contributed by atoms with van der Waals surface area (Å²) in [6.45, 7) is 11.5. The van der Waals surface area contributed by atoms with Gasteiger partial charge in [-0.1, -0.05) is 65.0 Å². The Bertz CT molecular complexity index is 1450. The maximum Gasteiger partial charge on any atom is 0.289 e. The summed E-state index contributed by atoms with van der Waals surface area (Å²) >= 11 is 0. The molecule has 4 amide bonds. The van der Waals surface area contributed by atoms with Crippen molar-refractivity contribution in [1.29, 1.82) is 0 Å². The summed E-state index contributed by atoms with van der Waals surface area (Å²) in [7, 11) is 3.00. The number of likely N-dealkylation sites (tertiary alicyclic amines) is 1. The average Bonchev–Trinajstić information content (AvgIpc) is 3.56. The van der Waals surface area contributed by atoms with E-state index in [0.717, 1.165) is 48.1 Å². The molecule has 50 heavy (non-hydrogen) atoms. The van der Waals surface area contributed by atoms with E-state index in [1.807, 2.05) is 53.7 Å². The Morgan fingerprint density at radius 2 is 1.68 bits per heavy atom. The van der Waals surface area contributed by atoms with Crippen molar-refractivity contribution in [3.8, 4) is 5.75 Å². The molecule has 12 heteroatoms. The second-order valence-electron chi connectivity index (χ2n) is 15.5. The van der Waals surface area contributed by atoms with Gasteiger partial charge in [0.15, 0.2) is 5.60 Å². The highest BCUT2D eigenvalue weighted by Gasteiger charge is 2.55.